The monoisotopic (exact) mass is 501 g/mol. The van der Waals surface area contributed by atoms with Crippen molar-refractivity contribution >= 4 is 57.1 Å². The van der Waals surface area contributed by atoms with Crippen LogP contribution in [0.5, 0.6) is 5.75 Å². The lowest BCUT2D eigenvalue weighted by atomic mass is 10.1. The molecule has 1 aliphatic rings. The standard InChI is InChI=1S/C28H24ClN3O2S/c1-3-34-22-14-12-21(13-15-22)30-28-31-27(33)26(35-28)16-24-18(2)32(25-7-5-4-6-23(24)25)17-19-8-10-20(29)11-9-19/h4-16H,3,17H2,1-2H3,(H,30,31,33)/b26-16-. The molecule has 1 N–H and O–H groups in total. The van der Waals surface area contributed by atoms with Crippen molar-refractivity contribution in [3.8, 4) is 5.75 Å². The van der Waals surface area contributed by atoms with Gasteiger partial charge in [0.25, 0.3) is 5.91 Å². The van der Waals surface area contributed by atoms with Crippen LogP contribution >= 0.6 is 23.4 Å². The number of nitrogens with one attached hydrogen (secondary N) is 1. The van der Waals surface area contributed by atoms with Gasteiger partial charge < -0.3 is 14.6 Å². The van der Waals surface area contributed by atoms with Crippen LogP contribution in [0.15, 0.2) is 82.7 Å². The van der Waals surface area contributed by atoms with E-state index >= 15 is 0 Å². The van der Waals surface area contributed by atoms with Gasteiger partial charge >= 0.3 is 0 Å². The topological polar surface area (TPSA) is 55.6 Å². The Labute approximate surface area is 213 Å². The van der Waals surface area contributed by atoms with Gasteiger partial charge in [0.2, 0.25) is 0 Å². The van der Waals surface area contributed by atoms with Crippen LogP contribution in [0, 0.1) is 6.92 Å². The van der Waals surface area contributed by atoms with E-state index in [9.17, 15) is 4.79 Å². The zero-order chi connectivity index (χ0) is 24.4. The normalized spacial score (nSPS) is 15.8. The van der Waals surface area contributed by atoms with Crippen molar-refractivity contribution in [1.82, 2.24) is 9.88 Å². The highest BCUT2D eigenvalue weighted by Gasteiger charge is 2.25. The second kappa shape index (κ2) is 10.0. The molecular weight excluding hydrogens is 478 g/mol. The number of fused-ring (bicyclic) bond motifs is 1. The fraction of sp³-hybridized carbons (Fsp3) is 0.143. The van der Waals surface area contributed by atoms with Crippen molar-refractivity contribution in [2.24, 2.45) is 4.99 Å². The molecule has 1 aliphatic heterocycles. The average Bonchev–Trinajstić information content (AvgIpc) is 3.33. The average molecular weight is 502 g/mol. The summed E-state index contributed by atoms with van der Waals surface area (Å²) in [5, 5.41) is 5.28. The predicted molar refractivity (Wildman–Crippen MR) is 146 cm³/mol. The van der Waals surface area contributed by atoms with E-state index in [4.69, 9.17) is 16.3 Å². The number of benzene rings is 3. The Hall–Kier alpha value is -3.48. The number of hydrogen-bond donors (Lipinski definition) is 1. The summed E-state index contributed by atoms with van der Waals surface area (Å²) < 4.78 is 7.76. The van der Waals surface area contributed by atoms with E-state index in [1.165, 1.54) is 11.8 Å². The Kier molecular flexibility index (Phi) is 6.66. The molecule has 5 nitrogen and oxygen atoms in total. The van der Waals surface area contributed by atoms with E-state index in [0.717, 1.165) is 50.7 Å². The number of amides is 1. The lowest BCUT2D eigenvalue weighted by Gasteiger charge is -2.09. The zero-order valence-electron chi connectivity index (χ0n) is 19.4. The summed E-state index contributed by atoms with van der Waals surface area (Å²) in [4.78, 5) is 18.0. The van der Waals surface area contributed by atoms with Crippen LogP contribution in [0.25, 0.3) is 17.0 Å². The van der Waals surface area contributed by atoms with Crippen molar-refractivity contribution < 1.29 is 9.53 Å². The summed E-state index contributed by atoms with van der Waals surface area (Å²) in [6.45, 7) is 5.37. The molecule has 5 rings (SSSR count). The first-order valence-corrected chi connectivity index (χ1v) is 12.6. The minimum Gasteiger partial charge on any atom is -0.494 e. The van der Waals surface area contributed by atoms with Gasteiger partial charge in [0.15, 0.2) is 5.17 Å². The van der Waals surface area contributed by atoms with Gasteiger partial charge in [0.1, 0.15) is 5.75 Å². The number of thioether (sulfide) groups is 1. The summed E-state index contributed by atoms with van der Waals surface area (Å²) in [7, 11) is 0. The number of carbonyl (C=O) groups excluding carboxylic acids is 1. The molecule has 3 aromatic carbocycles. The van der Waals surface area contributed by atoms with E-state index < -0.39 is 0 Å². The molecule has 1 amide bonds. The Morgan fingerprint density at radius 1 is 1.06 bits per heavy atom. The Balaban J connectivity index is 1.46. The second-order valence-corrected chi connectivity index (χ2v) is 9.60. The van der Waals surface area contributed by atoms with Gasteiger partial charge in [-0.15, -0.1) is 0 Å². The molecule has 7 heteroatoms. The van der Waals surface area contributed by atoms with Gasteiger partial charge in [0.05, 0.1) is 17.2 Å². The highest BCUT2D eigenvalue weighted by atomic mass is 35.5. The molecule has 0 unspecified atom stereocenters. The molecular formula is C28H24ClN3O2S. The van der Waals surface area contributed by atoms with Crippen LogP contribution in [0.2, 0.25) is 5.02 Å². The number of aromatic nitrogens is 1. The fourth-order valence-corrected chi connectivity index (χ4v) is 5.08. The number of aliphatic imine (C=N–C) groups is 1. The molecule has 0 spiro atoms. The number of carbonyl (C=O) groups is 1. The molecule has 0 aliphatic carbocycles. The van der Waals surface area contributed by atoms with Crippen molar-refractivity contribution in [3.05, 3.63) is 99.5 Å². The van der Waals surface area contributed by atoms with Gasteiger partial charge in [-0.25, -0.2) is 4.99 Å². The molecule has 176 valence electrons. The molecule has 35 heavy (non-hydrogen) atoms. The molecule has 0 saturated carbocycles. The maximum atomic E-state index is 12.8. The maximum absolute atomic E-state index is 12.8. The van der Waals surface area contributed by atoms with Crippen LogP contribution < -0.4 is 10.1 Å². The van der Waals surface area contributed by atoms with Crippen LogP contribution in [0.3, 0.4) is 0 Å². The van der Waals surface area contributed by atoms with E-state index in [-0.39, 0.29) is 5.91 Å². The lowest BCUT2D eigenvalue weighted by Crippen LogP contribution is -2.19. The predicted octanol–water partition coefficient (Wildman–Crippen LogP) is 6.94. The molecule has 0 bridgehead atoms. The van der Waals surface area contributed by atoms with Gasteiger partial charge in [0, 0.05) is 33.7 Å². The summed E-state index contributed by atoms with van der Waals surface area (Å²) >= 11 is 7.42. The quantitative estimate of drug-likeness (QED) is 0.291. The Morgan fingerprint density at radius 3 is 2.54 bits per heavy atom. The number of para-hydroxylation sites is 1. The molecule has 1 aromatic heterocycles. The summed E-state index contributed by atoms with van der Waals surface area (Å²) in [5.74, 6) is 0.652. The third-order valence-corrected chi connectivity index (χ3v) is 7.00. The first-order chi connectivity index (χ1) is 17.0. The molecule has 0 radical (unpaired) electrons. The maximum Gasteiger partial charge on any atom is 0.264 e. The number of nitrogens with zero attached hydrogens (tertiary/aromatic N) is 2. The third kappa shape index (κ3) is 4.99. The van der Waals surface area contributed by atoms with E-state index in [2.05, 4.69) is 33.9 Å². The summed E-state index contributed by atoms with van der Waals surface area (Å²) in [6.07, 6.45) is 1.97. The first kappa shape index (κ1) is 23.3. The SMILES string of the molecule is CCOc1ccc(N=C2NC(=O)/C(=C/c3c(C)n(Cc4ccc(Cl)cc4)c4ccccc34)S2)cc1. The van der Waals surface area contributed by atoms with E-state index in [0.29, 0.717) is 16.7 Å². The molecule has 0 atom stereocenters. The number of halogens is 1. The van der Waals surface area contributed by atoms with Crippen molar-refractivity contribution in [3.63, 3.8) is 0 Å². The number of amidine groups is 1. The minimum absolute atomic E-state index is 0.145. The smallest absolute Gasteiger partial charge is 0.264 e. The zero-order valence-corrected chi connectivity index (χ0v) is 21.0. The van der Waals surface area contributed by atoms with Gasteiger partial charge in [-0.2, -0.15) is 0 Å². The Bertz CT molecular complexity index is 1450. The van der Waals surface area contributed by atoms with E-state index in [1.54, 1.807) is 0 Å². The molecule has 2 heterocycles. The molecule has 1 saturated heterocycles. The fourth-order valence-electron chi connectivity index (χ4n) is 4.13. The largest absolute Gasteiger partial charge is 0.494 e. The molecule has 1 fully saturated rings. The third-order valence-electron chi connectivity index (χ3n) is 5.84. The van der Waals surface area contributed by atoms with Gasteiger partial charge in [-0.05, 0) is 79.7 Å². The van der Waals surface area contributed by atoms with Gasteiger partial charge in [-0.1, -0.05) is 41.9 Å². The van der Waals surface area contributed by atoms with Gasteiger partial charge in [-0.3, -0.25) is 4.79 Å². The highest BCUT2D eigenvalue weighted by Crippen LogP contribution is 2.33. The second-order valence-electron chi connectivity index (χ2n) is 8.14. The van der Waals surface area contributed by atoms with Crippen molar-refractivity contribution in [2.45, 2.75) is 20.4 Å². The van der Waals surface area contributed by atoms with Crippen LogP contribution in [-0.4, -0.2) is 22.2 Å². The van der Waals surface area contributed by atoms with Crippen LogP contribution in [0.4, 0.5) is 5.69 Å². The first-order valence-electron chi connectivity index (χ1n) is 11.4. The minimum atomic E-state index is -0.145. The summed E-state index contributed by atoms with van der Waals surface area (Å²) in [5.41, 5.74) is 5.18. The van der Waals surface area contributed by atoms with Crippen molar-refractivity contribution in [1.29, 1.82) is 0 Å². The van der Waals surface area contributed by atoms with E-state index in [1.807, 2.05) is 73.7 Å². The number of hydrogen-bond acceptors (Lipinski definition) is 4. The lowest BCUT2D eigenvalue weighted by molar-refractivity contribution is -0.115. The highest BCUT2D eigenvalue weighted by molar-refractivity contribution is 8.18. The van der Waals surface area contributed by atoms with Crippen LogP contribution in [0.1, 0.15) is 23.7 Å². The van der Waals surface area contributed by atoms with Crippen molar-refractivity contribution in [2.75, 3.05) is 6.61 Å². The Morgan fingerprint density at radius 2 is 1.80 bits per heavy atom. The van der Waals surface area contributed by atoms with Crippen LogP contribution in [-0.2, 0) is 11.3 Å². The molecule has 4 aromatic rings. The number of rotatable bonds is 6. The number of ether oxygens (including phenoxy) is 1. The summed E-state index contributed by atoms with van der Waals surface area (Å²) in [6, 6.07) is 23.7.